The van der Waals surface area contributed by atoms with Crippen LogP contribution in [-0.4, -0.2) is 11.9 Å². The van der Waals surface area contributed by atoms with Gasteiger partial charge in [-0.2, -0.15) is 0 Å². The highest BCUT2D eigenvalue weighted by Gasteiger charge is 2.37. The van der Waals surface area contributed by atoms with E-state index in [1.54, 1.807) is 0 Å². The van der Waals surface area contributed by atoms with Crippen molar-refractivity contribution in [3.05, 3.63) is 0 Å². The molecule has 16 heavy (non-hydrogen) atoms. The molecule has 3 atom stereocenters. The van der Waals surface area contributed by atoms with Crippen molar-refractivity contribution in [1.82, 2.24) is 5.32 Å². The van der Waals surface area contributed by atoms with Crippen LogP contribution in [0.2, 0.25) is 0 Å². The lowest BCUT2D eigenvalue weighted by Gasteiger charge is -2.36. The van der Waals surface area contributed by atoms with Gasteiger partial charge < -0.3 is 5.32 Å². The van der Waals surface area contributed by atoms with Crippen LogP contribution >= 0.6 is 0 Å². The first-order valence-electron chi connectivity index (χ1n) is 6.88. The quantitative estimate of drug-likeness (QED) is 0.783. The van der Waals surface area contributed by atoms with Crippen molar-refractivity contribution in [2.45, 2.75) is 58.9 Å². The molecule has 0 aromatic heterocycles. The Morgan fingerprint density at radius 2 is 1.88 bits per heavy atom. The number of hydrogen-bond donors (Lipinski definition) is 1. The van der Waals surface area contributed by atoms with Crippen molar-refractivity contribution < 1.29 is 4.79 Å². The Morgan fingerprint density at radius 1 is 1.19 bits per heavy atom. The summed E-state index contributed by atoms with van der Waals surface area (Å²) < 4.78 is 0. The van der Waals surface area contributed by atoms with Crippen LogP contribution in [0.3, 0.4) is 0 Å². The van der Waals surface area contributed by atoms with Crippen LogP contribution < -0.4 is 5.32 Å². The van der Waals surface area contributed by atoms with Gasteiger partial charge in [0.2, 0.25) is 5.91 Å². The summed E-state index contributed by atoms with van der Waals surface area (Å²) in [7, 11) is 0. The maximum absolute atomic E-state index is 12.2. The first-order valence-corrected chi connectivity index (χ1v) is 6.88. The Hall–Kier alpha value is -0.530. The number of carbonyl (C=O) groups is 1. The summed E-state index contributed by atoms with van der Waals surface area (Å²) in [4.78, 5) is 12.2. The number of nitrogens with one attached hydrogen (secondary N) is 1. The molecule has 0 aliphatic heterocycles. The maximum atomic E-state index is 12.2. The van der Waals surface area contributed by atoms with Crippen LogP contribution in [0.25, 0.3) is 0 Å². The van der Waals surface area contributed by atoms with Crippen molar-refractivity contribution in [2.24, 2.45) is 23.7 Å². The summed E-state index contributed by atoms with van der Waals surface area (Å²) in [5.74, 6) is 2.60. The molecule has 0 bridgehead atoms. The molecule has 2 saturated carbocycles. The van der Waals surface area contributed by atoms with E-state index in [0.29, 0.717) is 23.8 Å². The Labute approximate surface area is 99.2 Å². The summed E-state index contributed by atoms with van der Waals surface area (Å²) in [6.45, 7) is 6.81. The highest BCUT2D eigenvalue weighted by atomic mass is 16.2. The van der Waals surface area contributed by atoms with Gasteiger partial charge in [0.15, 0.2) is 0 Å². The Bertz CT molecular complexity index is 257. The predicted octanol–water partition coefficient (Wildman–Crippen LogP) is 2.97. The fraction of sp³-hybridized carbons (Fsp3) is 0.929. The molecule has 2 nitrogen and oxygen atoms in total. The van der Waals surface area contributed by atoms with Gasteiger partial charge in [-0.15, -0.1) is 0 Å². The average Bonchev–Trinajstić information content (AvgIpc) is 3.01. The van der Waals surface area contributed by atoms with Crippen molar-refractivity contribution in [3.8, 4) is 0 Å². The van der Waals surface area contributed by atoms with E-state index in [1.807, 2.05) is 0 Å². The molecule has 3 unspecified atom stereocenters. The molecule has 0 saturated heterocycles. The van der Waals surface area contributed by atoms with Crippen LogP contribution in [0.4, 0.5) is 0 Å². The lowest BCUT2D eigenvalue weighted by Crippen LogP contribution is -2.41. The molecular weight excluding hydrogens is 198 g/mol. The van der Waals surface area contributed by atoms with Crippen molar-refractivity contribution >= 4 is 5.91 Å². The van der Waals surface area contributed by atoms with E-state index in [0.717, 1.165) is 12.3 Å². The van der Waals surface area contributed by atoms with Gasteiger partial charge in [0.1, 0.15) is 0 Å². The Morgan fingerprint density at radius 3 is 2.44 bits per heavy atom. The largest absolute Gasteiger partial charge is 0.353 e. The Kier molecular flexibility index (Phi) is 3.56. The molecular formula is C14H25NO. The molecule has 0 aromatic carbocycles. The molecule has 0 aromatic rings. The van der Waals surface area contributed by atoms with E-state index < -0.39 is 0 Å². The molecule has 1 amide bonds. The summed E-state index contributed by atoms with van der Waals surface area (Å²) in [6.07, 6.45) is 6.03. The second-order valence-corrected chi connectivity index (χ2v) is 6.22. The lowest BCUT2D eigenvalue weighted by molar-refractivity contribution is -0.129. The minimum atomic E-state index is 0.282. The highest BCUT2D eigenvalue weighted by molar-refractivity contribution is 5.79. The van der Waals surface area contributed by atoms with E-state index in [9.17, 15) is 4.79 Å². The van der Waals surface area contributed by atoms with Gasteiger partial charge in [-0.05, 0) is 43.4 Å². The molecule has 0 spiro atoms. The third-order valence-electron chi connectivity index (χ3n) is 4.28. The topological polar surface area (TPSA) is 29.1 Å². The van der Waals surface area contributed by atoms with E-state index in [2.05, 4.69) is 26.1 Å². The SMILES string of the molecule is CC1CCC(C(C)C)C(C(=O)NC2CC2)C1. The summed E-state index contributed by atoms with van der Waals surface area (Å²) in [5, 5.41) is 3.19. The van der Waals surface area contributed by atoms with Crippen LogP contribution in [-0.2, 0) is 4.79 Å². The third kappa shape index (κ3) is 2.78. The molecule has 2 fully saturated rings. The molecule has 2 rings (SSSR count). The zero-order valence-corrected chi connectivity index (χ0v) is 10.8. The maximum Gasteiger partial charge on any atom is 0.223 e. The fourth-order valence-electron chi connectivity index (χ4n) is 3.04. The van der Waals surface area contributed by atoms with Gasteiger partial charge in [-0.3, -0.25) is 4.79 Å². The Balaban J connectivity index is 1.97. The molecule has 0 radical (unpaired) electrons. The second-order valence-electron chi connectivity index (χ2n) is 6.22. The predicted molar refractivity (Wildman–Crippen MR) is 66.0 cm³/mol. The number of rotatable bonds is 3. The normalized spacial score (nSPS) is 35.1. The number of carbonyl (C=O) groups excluding carboxylic acids is 1. The molecule has 2 aliphatic rings. The van der Waals surface area contributed by atoms with E-state index in [1.165, 1.54) is 25.7 Å². The summed E-state index contributed by atoms with van der Waals surface area (Å²) in [6, 6.07) is 0.512. The zero-order chi connectivity index (χ0) is 11.7. The first-order chi connectivity index (χ1) is 7.58. The van der Waals surface area contributed by atoms with E-state index in [-0.39, 0.29) is 5.92 Å². The van der Waals surface area contributed by atoms with Gasteiger partial charge in [-0.25, -0.2) is 0 Å². The van der Waals surface area contributed by atoms with Crippen LogP contribution in [0.5, 0.6) is 0 Å². The molecule has 1 N–H and O–H groups in total. The zero-order valence-electron chi connectivity index (χ0n) is 10.8. The fourth-order valence-corrected chi connectivity index (χ4v) is 3.04. The summed E-state index contributed by atoms with van der Waals surface area (Å²) >= 11 is 0. The standard InChI is InChI=1S/C14H25NO/c1-9(2)12-7-4-10(3)8-13(12)14(16)15-11-5-6-11/h9-13H,4-8H2,1-3H3,(H,15,16). The highest BCUT2D eigenvalue weighted by Crippen LogP contribution is 2.38. The average molecular weight is 223 g/mol. The van der Waals surface area contributed by atoms with Crippen LogP contribution in [0, 0.1) is 23.7 Å². The first kappa shape index (κ1) is 11.9. The molecule has 2 heteroatoms. The van der Waals surface area contributed by atoms with Gasteiger partial charge in [0.05, 0.1) is 0 Å². The van der Waals surface area contributed by atoms with Gasteiger partial charge >= 0.3 is 0 Å². The van der Waals surface area contributed by atoms with Crippen LogP contribution in [0.1, 0.15) is 52.9 Å². The molecule has 2 aliphatic carbocycles. The molecule has 92 valence electrons. The molecule has 0 heterocycles. The van der Waals surface area contributed by atoms with E-state index in [4.69, 9.17) is 0 Å². The smallest absolute Gasteiger partial charge is 0.223 e. The minimum absolute atomic E-state index is 0.282. The number of hydrogen-bond acceptors (Lipinski definition) is 1. The third-order valence-corrected chi connectivity index (χ3v) is 4.28. The lowest BCUT2D eigenvalue weighted by atomic mass is 9.70. The minimum Gasteiger partial charge on any atom is -0.353 e. The van der Waals surface area contributed by atoms with Gasteiger partial charge in [0, 0.05) is 12.0 Å². The number of amides is 1. The monoisotopic (exact) mass is 223 g/mol. The second kappa shape index (κ2) is 4.77. The van der Waals surface area contributed by atoms with E-state index >= 15 is 0 Å². The van der Waals surface area contributed by atoms with Gasteiger partial charge in [-0.1, -0.05) is 27.2 Å². The van der Waals surface area contributed by atoms with Gasteiger partial charge in [0.25, 0.3) is 0 Å². The van der Waals surface area contributed by atoms with Crippen molar-refractivity contribution in [1.29, 1.82) is 0 Å². The van der Waals surface area contributed by atoms with Crippen molar-refractivity contribution in [3.63, 3.8) is 0 Å². The summed E-state index contributed by atoms with van der Waals surface area (Å²) in [5.41, 5.74) is 0. The van der Waals surface area contributed by atoms with Crippen molar-refractivity contribution in [2.75, 3.05) is 0 Å². The van der Waals surface area contributed by atoms with Crippen LogP contribution in [0.15, 0.2) is 0 Å².